The highest BCUT2D eigenvalue weighted by molar-refractivity contribution is 5.87. The molecule has 0 aromatic heterocycles. The molecule has 0 saturated carbocycles. The van der Waals surface area contributed by atoms with Gasteiger partial charge in [0.2, 0.25) is 0 Å². The number of carbonyl (C=O) groups excluding carboxylic acids is 1. The summed E-state index contributed by atoms with van der Waals surface area (Å²) in [6.45, 7) is 0.681. The van der Waals surface area contributed by atoms with Crippen LogP contribution in [0.25, 0.3) is 0 Å². The Labute approximate surface area is 133 Å². The van der Waals surface area contributed by atoms with Crippen LogP contribution in [0.2, 0.25) is 0 Å². The summed E-state index contributed by atoms with van der Waals surface area (Å²) in [6.07, 6.45) is 1.04. The zero-order valence-electron chi connectivity index (χ0n) is 12.4. The number of benzene rings is 2. The van der Waals surface area contributed by atoms with E-state index in [9.17, 15) is 9.18 Å². The number of hydrogen-bond donors (Lipinski definition) is 0. The third-order valence-electron chi connectivity index (χ3n) is 3.91. The van der Waals surface area contributed by atoms with E-state index < -0.39 is 5.60 Å². The van der Waals surface area contributed by atoms with Crippen LogP contribution in [0.3, 0.4) is 0 Å². The van der Waals surface area contributed by atoms with Crippen LogP contribution in [-0.4, -0.2) is 18.8 Å². The fourth-order valence-electron chi connectivity index (χ4n) is 2.76. The van der Waals surface area contributed by atoms with Crippen LogP contribution in [0.4, 0.5) is 4.39 Å². The van der Waals surface area contributed by atoms with Crippen LogP contribution in [0.15, 0.2) is 59.8 Å². The Hall–Kier alpha value is -2.69. The highest BCUT2D eigenvalue weighted by Gasteiger charge is 2.42. The lowest BCUT2D eigenvalue weighted by Gasteiger charge is -2.27. The molecular formula is C18H16FNO3. The molecule has 0 N–H and O–H groups in total. The lowest BCUT2D eigenvalue weighted by atomic mass is 9.82. The van der Waals surface area contributed by atoms with E-state index in [2.05, 4.69) is 5.16 Å². The number of nitrogens with zero attached hydrogens (tertiary/aromatic N) is 1. The number of ether oxygens (including phenoxy) is 1. The summed E-state index contributed by atoms with van der Waals surface area (Å²) in [5, 5.41) is 4.16. The molecule has 2 aromatic rings. The molecule has 1 aliphatic heterocycles. The third-order valence-corrected chi connectivity index (χ3v) is 3.91. The second-order valence-corrected chi connectivity index (χ2v) is 5.34. The highest BCUT2D eigenvalue weighted by Crippen LogP contribution is 2.41. The highest BCUT2D eigenvalue weighted by atomic mass is 19.1. The summed E-state index contributed by atoms with van der Waals surface area (Å²) in [5.41, 5.74) is 1.81. The molecular weight excluding hydrogens is 297 g/mol. The largest absolute Gasteiger partial charge is 0.467 e. The molecule has 0 spiro atoms. The average molecular weight is 313 g/mol. The zero-order valence-corrected chi connectivity index (χ0v) is 12.4. The van der Waals surface area contributed by atoms with Crippen LogP contribution in [0.5, 0.6) is 0 Å². The molecule has 1 aliphatic rings. The molecule has 3 rings (SSSR count). The van der Waals surface area contributed by atoms with Gasteiger partial charge in [-0.3, -0.25) is 4.79 Å². The Balaban J connectivity index is 1.91. The minimum Gasteiger partial charge on any atom is -0.467 e. The van der Waals surface area contributed by atoms with E-state index in [-0.39, 0.29) is 12.4 Å². The average Bonchev–Trinajstić information content (AvgIpc) is 3.02. The Bertz CT molecular complexity index is 700. The predicted octanol–water partition coefficient (Wildman–Crippen LogP) is 3.41. The van der Waals surface area contributed by atoms with Gasteiger partial charge in [-0.1, -0.05) is 47.6 Å². The molecule has 5 heteroatoms. The topological polar surface area (TPSA) is 47.9 Å². The van der Waals surface area contributed by atoms with Crippen molar-refractivity contribution in [1.29, 1.82) is 0 Å². The summed E-state index contributed by atoms with van der Waals surface area (Å²) < 4.78 is 18.0. The fraction of sp³-hybridized carbons (Fsp3) is 0.222. The van der Waals surface area contributed by atoms with Crippen LogP contribution >= 0.6 is 0 Å². The van der Waals surface area contributed by atoms with Gasteiger partial charge in [0.05, 0.1) is 12.3 Å². The van der Waals surface area contributed by atoms with Gasteiger partial charge in [0.1, 0.15) is 5.82 Å². The first kappa shape index (κ1) is 15.2. The van der Waals surface area contributed by atoms with E-state index in [0.29, 0.717) is 19.3 Å². The van der Waals surface area contributed by atoms with Gasteiger partial charge in [0, 0.05) is 24.0 Å². The van der Waals surface area contributed by atoms with Crippen molar-refractivity contribution >= 4 is 12.2 Å². The molecule has 23 heavy (non-hydrogen) atoms. The smallest absolute Gasteiger partial charge is 0.293 e. The third kappa shape index (κ3) is 3.08. The normalized spacial score (nSPS) is 19.8. The first-order valence-corrected chi connectivity index (χ1v) is 7.35. The molecule has 0 amide bonds. The van der Waals surface area contributed by atoms with Crippen molar-refractivity contribution in [3.8, 4) is 0 Å². The Morgan fingerprint density at radius 3 is 2.52 bits per heavy atom. The van der Waals surface area contributed by atoms with Gasteiger partial charge >= 0.3 is 0 Å². The summed E-state index contributed by atoms with van der Waals surface area (Å²) >= 11 is 0. The number of halogens is 1. The van der Waals surface area contributed by atoms with Gasteiger partial charge in [-0.15, -0.1) is 0 Å². The van der Waals surface area contributed by atoms with Crippen molar-refractivity contribution in [1.82, 2.24) is 0 Å². The Morgan fingerprint density at radius 1 is 1.13 bits per heavy atom. The molecule has 1 atom stereocenters. The van der Waals surface area contributed by atoms with E-state index >= 15 is 0 Å². The summed E-state index contributed by atoms with van der Waals surface area (Å²) in [7, 11) is 0. The van der Waals surface area contributed by atoms with Crippen LogP contribution in [0.1, 0.15) is 24.0 Å². The maximum Gasteiger partial charge on any atom is 0.293 e. The molecule has 1 heterocycles. The number of carbonyl (C=O) groups is 1. The van der Waals surface area contributed by atoms with Gasteiger partial charge in [0.25, 0.3) is 6.47 Å². The molecule has 118 valence electrons. The number of rotatable bonds is 6. The lowest BCUT2D eigenvalue weighted by Crippen LogP contribution is -2.28. The van der Waals surface area contributed by atoms with Gasteiger partial charge in [0.15, 0.2) is 5.60 Å². The van der Waals surface area contributed by atoms with Gasteiger partial charge in [-0.25, -0.2) is 4.39 Å². The van der Waals surface area contributed by atoms with Gasteiger partial charge in [-0.2, -0.15) is 0 Å². The minimum absolute atomic E-state index is 0.264. The van der Waals surface area contributed by atoms with Crippen LogP contribution < -0.4 is 0 Å². The zero-order chi connectivity index (χ0) is 16.1. The van der Waals surface area contributed by atoms with Gasteiger partial charge in [-0.05, 0) is 12.1 Å². The molecule has 0 bridgehead atoms. The molecule has 0 aliphatic carbocycles. The molecule has 2 aromatic carbocycles. The van der Waals surface area contributed by atoms with E-state index in [1.54, 1.807) is 12.1 Å². The van der Waals surface area contributed by atoms with E-state index in [1.807, 2.05) is 30.3 Å². The summed E-state index contributed by atoms with van der Waals surface area (Å²) in [6, 6.07) is 16.0. The Kier molecular flexibility index (Phi) is 4.37. The second-order valence-electron chi connectivity index (χ2n) is 5.34. The second kappa shape index (κ2) is 6.60. The van der Waals surface area contributed by atoms with Crippen molar-refractivity contribution in [2.45, 2.75) is 18.4 Å². The van der Waals surface area contributed by atoms with Crippen molar-refractivity contribution in [2.24, 2.45) is 5.16 Å². The SMILES string of the molecule is O=COCCC1=NOC(c2ccccc2)(c2ccc(F)cc2)C1. The molecule has 0 radical (unpaired) electrons. The van der Waals surface area contributed by atoms with Crippen molar-refractivity contribution in [3.05, 3.63) is 71.5 Å². The van der Waals surface area contributed by atoms with Crippen LogP contribution in [0, 0.1) is 5.82 Å². The van der Waals surface area contributed by atoms with Crippen molar-refractivity contribution < 1.29 is 18.8 Å². The van der Waals surface area contributed by atoms with Crippen molar-refractivity contribution in [2.75, 3.05) is 6.61 Å². The first-order chi connectivity index (χ1) is 11.2. The quantitative estimate of drug-likeness (QED) is 0.606. The predicted molar refractivity (Wildman–Crippen MR) is 83.4 cm³/mol. The number of hydrogen-bond acceptors (Lipinski definition) is 4. The first-order valence-electron chi connectivity index (χ1n) is 7.35. The van der Waals surface area contributed by atoms with Gasteiger partial charge < -0.3 is 9.57 Å². The maximum absolute atomic E-state index is 13.3. The molecule has 1 unspecified atom stereocenters. The van der Waals surface area contributed by atoms with E-state index in [1.165, 1.54) is 12.1 Å². The van der Waals surface area contributed by atoms with E-state index in [4.69, 9.17) is 9.57 Å². The van der Waals surface area contributed by atoms with Crippen LogP contribution in [-0.2, 0) is 20.0 Å². The van der Waals surface area contributed by atoms with Crippen molar-refractivity contribution in [3.63, 3.8) is 0 Å². The molecule has 0 fully saturated rings. The molecule has 4 nitrogen and oxygen atoms in total. The monoisotopic (exact) mass is 313 g/mol. The minimum atomic E-state index is -0.772. The number of oxime groups is 1. The van der Waals surface area contributed by atoms with E-state index in [0.717, 1.165) is 16.8 Å². The molecule has 0 saturated heterocycles. The maximum atomic E-state index is 13.3. The Morgan fingerprint density at radius 2 is 1.83 bits per heavy atom. The fourth-order valence-corrected chi connectivity index (χ4v) is 2.76. The summed E-state index contributed by atoms with van der Waals surface area (Å²) in [4.78, 5) is 16.1. The lowest BCUT2D eigenvalue weighted by molar-refractivity contribution is -0.128. The standard InChI is InChI=1S/C18H16FNO3/c19-16-8-6-15(7-9-16)18(14-4-2-1-3-5-14)12-17(20-23-18)10-11-22-13-21/h1-9,13H,10-12H2. The summed E-state index contributed by atoms with van der Waals surface area (Å²) in [5.74, 6) is -0.296.